The van der Waals surface area contributed by atoms with Gasteiger partial charge in [0.1, 0.15) is 5.82 Å². The Morgan fingerprint density at radius 1 is 1.26 bits per heavy atom. The van der Waals surface area contributed by atoms with E-state index in [2.05, 4.69) is 21.8 Å². The molecule has 19 heavy (non-hydrogen) atoms. The smallest absolute Gasteiger partial charge is 0.367 e. The second-order valence-corrected chi connectivity index (χ2v) is 6.02. The highest BCUT2D eigenvalue weighted by molar-refractivity contribution is 8.00. The predicted molar refractivity (Wildman–Crippen MR) is 70.2 cm³/mol. The minimum Gasteiger partial charge on any atom is -0.367 e. The minimum atomic E-state index is -4.43. The number of thioether (sulfide) groups is 1. The van der Waals surface area contributed by atoms with Crippen molar-refractivity contribution in [2.24, 2.45) is 0 Å². The van der Waals surface area contributed by atoms with Crippen LogP contribution < -0.4 is 5.32 Å². The van der Waals surface area contributed by atoms with Gasteiger partial charge in [0.05, 0.1) is 0 Å². The quantitative estimate of drug-likeness (QED) is 0.920. The van der Waals surface area contributed by atoms with Crippen molar-refractivity contribution in [3.05, 3.63) is 17.8 Å². The molecule has 2 rings (SSSR count). The fraction of sp³-hybridized carbons (Fsp3) is 0.667. The standard InChI is InChI=1S/C12H16F3N3S/c1-19-11(6-2-3-7-11)8-16-10-5-4-9(17-18-10)12(13,14)15/h4-5H,2-3,6-8H2,1H3,(H,16,18). The molecule has 0 unspecified atom stereocenters. The summed E-state index contributed by atoms with van der Waals surface area (Å²) in [6, 6.07) is 2.29. The van der Waals surface area contributed by atoms with Crippen molar-refractivity contribution in [2.75, 3.05) is 18.1 Å². The number of alkyl halides is 3. The summed E-state index contributed by atoms with van der Waals surface area (Å²) in [5.74, 6) is 0.397. The van der Waals surface area contributed by atoms with Crippen LogP contribution in [0.4, 0.5) is 19.0 Å². The van der Waals surface area contributed by atoms with Crippen LogP contribution in [0.25, 0.3) is 0 Å². The Morgan fingerprint density at radius 3 is 2.42 bits per heavy atom. The zero-order valence-electron chi connectivity index (χ0n) is 10.6. The average Bonchev–Trinajstić information content (AvgIpc) is 2.85. The third kappa shape index (κ3) is 3.52. The molecule has 106 valence electrons. The fourth-order valence-corrected chi connectivity index (χ4v) is 3.22. The Balaban J connectivity index is 1.96. The lowest BCUT2D eigenvalue weighted by molar-refractivity contribution is -0.141. The molecule has 1 aromatic heterocycles. The topological polar surface area (TPSA) is 37.8 Å². The Bertz CT molecular complexity index is 413. The second-order valence-electron chi connectivity index (χ2n) is 4.75. The molecule has 1 aliphatic carbocycles. The van der Waals surface area contributed by atoms with Gasteiger partial charge in [-0.1, -0.05) is 12.8 Å². The van der Waals surface area contributed by atoms with Crippen LogP contribution in [0, 0.1) is 0 Å². The van der Waals surface area contributed by atoms with E-state index in [1.165, 1.54) is 18.9 Å². The van der Waals surface area contributed by atoms with Gasteiger partial charge in [0, 0.05) is 11.3 Å². The highest BCUT2D eigenvalue weighted by atomic mass is 32.2. The summed E-state index contributed by atoms with van der Waals surface area (Å²) in [6.07, 6.45) is 2.33. The summed E-state index contributed by atoms with van der Waals surface area (Å²) in [7, 11) is 0. The summed E-state index contributed by atoms with van der Waals surface area (Å²) in [4.78, 5) is 0. The van der Waals surface area contributed by atoms with E-state index in [4.69, 9.17) is 0 Å². The molecule has 1 aromatic rings. The number of aromatic nitrogens is 2. The van der Waals surface area contributed by atoms with E-state index in [-0.39, 0.29) is 4.75 Å². The van der Waals surface area contributed by atoms with E-state index < -0.39 is 11.9 Å². The molecule has 1 fully saturated rings. The summed E-state index contributed by atoms with van der Waals surface area (Å²) in [5, 5.41) is 9.88. The SMILES string of the molecule is CSC1(CNc2ccc(C(F)(F)F)nn2)CCCC1. The molecule has 0 atom stereocenters. The minimum absolute atomic E-state index is 0.185. The van der Waals surface area contributed by atoms with E-state index in [1.807, 2.05) is 11.8 Å². The number of anilines is 1. The molecule has 0 amide bonds. The predicted octanol–water partition coefficient (Wildman–Crippen LogP) is 3.58. The van der Waals surface area contributed by atoms with Gasteiger partial charge in [0.15, 0.2) is 5.69 Å². The van der Waals surface area contributed by atoms with E-state index in [0.717, 1.165) is 18.9 Å². The van der Waals surface area contributed by atoms with Crippen molar-refractivity contribution in [2.45, 2.75) is 36.6 Å². The van der Waals surface area contributed by atoms with Crippen molar-refractivity contribution < 1.29 is 13.2 Å². The number of hydrogen-bond donors (Lipinski definition) is 1. The first kappa shape index (κ1) is 14.4. The van der Waals surface area contributed by atoms with Crippen LogP contribution in [0.5, 0.6) is 0 Å². The maximum atomic E-state index is 12.3. The summed E-state index contributed by atoms with van der Waals surface area (Å²) >= 11 is 1.82. The van der Waals surface area contributed by atoms with Crippen molar-refractivity contribution in [1.29, 1.82) is 0 Å². The monoisotopic (exact) mass is 291 g/mol. The van der Waals surface area contributed by atoms with E-state index >= 15 is 0 Å². The third-order valence-corrected chi connectivity index (χ3v) is 4.91. The zero-order chi connectivity index (χ0) is 13.9. The molecule has 1 aliphatic rings. The molecule has 1 N–H and O–H groups in total. The van der Waals surface area contributed by atoms with Crippen LogP contribution in [-0.2, 0) is 6.18 Å². The molecular weight excluding hydrogens is 275 g/mol. The highest BCUT2D eigenvalue weighted by Gasteiger charge is 2.34. The number of rotatable bonds is 4. The van der Waals surface area contributed by atoms with Crippen molar-refractivity contribution in [3.8, 4) is 0 Å². The van der Waals surface area contributed by atoms with Gasteiger partial charge < -0.3 is 5.32 Å². The Labute approximate surface area is 114 Å². The van der Waals surface area contributed by atoms with E-state index in [0.29, 0.717) is 12.4 Å². The molecule has 3 nitrogen and oxygen atoms in total. The molecule has 0 bridgehead atoms. The van der Waals surface area contributed by atoms with Crippen molar-refractivity contribution in [1.82, 2.24) is 10.2 Å². The maximum absolute atomic E-state index is 12.3. The van der Waals surface area contributed by atoms with Gasteiger partial charge in [0.25, 0.3) is 0 Å². The molecule has 0 aromatic carbocycles. The van der Waals surface area contributed by atoms with E-state index in [9.17, 15) is 13.2 Å². The van der Waals surface area contributed by atoms with Crippen molar-refractivity contribution >= 4 is 17.6 Å². The Hall–Kier alpha value is -0.980. The summed E-state index contributed by atoms with van der Waals surface area (Å²) < 4.78 is 37.2. The van der Waals surface area contributed by atoms with Crippen LogP contribution in [0.3, 0.4) is 0 Å². The number of hydrogen-bond acceptors (Lipinski definition) is 4. The molecule has 0 spiro atoms. The lowest BCUT2D eigenvalue weighted by atomic mass is 10.1. The Kier molecular flexibility index (Phi) is 4.23. The summed E-state index contributed by atoms with van der Waals surface area (Å²) in [5.41, 5.74) is -0.960. The molecule has 0 aliphatic heterocycles. The van der Waals surface area contributed by atoms with E-state index in [1.54, 1.807) is 0 Å². The first-order valence-electron chi connectivity index (χ1n) is 6.15. The Morgan fingerprint density at radius 2 is 1.95 bits per heavy atom. The molecule has 1 heterocycles. The average molecular weight is 291 g/mol. The van der Waals surface area contributed by atoms with Gasteiger partial charge in [-0.25, -0.2) is 0 Å². The molecule has 1 saturated carbocycles. The van der Waals surface area contributed by atoms with Gasteiger partial charge in [0.2, 0.25) is 0 Å². The third-order valence-electron chi connectivity index (χ3n) is 3.49. The summed E-state index contributed by atoms with van der Waals surface area (Å²) in [6.45, 7) is 0.716. The van der Waals surface area contributed by atoms with Crippen LogP contribution in [0.15, 0.2) is 12.1 Å². The normalized spacial score (nSPS) is 18.5. The van der Waals surface area contributed by atoms with Crippen LogP contribution in [0.1, 0.15) is 31.4 Å². The molecule has 7 heteroatoms. The second kappa shape index (κ2) is 5.56. The van der Waals surface area contributed by atoms with Gasteiger partial charge in [-0.15, -0.1) is 10.2 Å². The highest BCUT2D eigenvalue weighted by Crippen LogP contribution is 2.40. The zero-order valence-corrected chi connectivity index (χ0v) is 11.4. The van der Waals surface area contributed by atoms with Crippen molar-refractivity contribution in [3.63, 3.8) is 0 Å². The van der Waals surface area contributed by atoms with Gasteiger partial charge in [-0.05, 0) is 31.2 Å². The van der Waals surface area contributed by atoms with Crippen LogP contribution in [0.2, 0.25) is 0 Å². The largest absolute Gasteiger partial charge is 0.435 e. The van der Waals surface area contributed by atoms with Gasteiger partial charge >= 0.3 is 6.18 Å². The van der Waals surface area contributed by atoms with Crippen LogP contribution in [-0.4, -0.2) is 27.7 Å². The van der Waals surface area contributed by atoms with Crippen LogP contribution >= 0.6 is 11.8 Å². The fourth-order valence-electron chi connectivity index (χ4n) is 2.30. The first-order valence-corrected chi connectivity index (χ1v) is 7.38. The molecular formula is C12H16F3N3S. The lowest BCUT2D eigenvalue weighted by Crippen LogP contribution is -2.30. The molecule has 0 saturated heterocycles. The number of nitrogens with zero attached hydrogens (tertiary/aromatic N) is 2. The van der Waals surface area contributed by atoms with Gasteiger partial charge in [-0.2, -0.15) is 24.9 Å². The lowest BCUT2D eigenvalue weighted by Gasteiger charge is -2.27. The number of nitrogens with one attached hydrogen (secondary N) is 1. The van der Waals surface area contributed by atoms with Gasteiger partial charge in [-0.3, -0.25) is 0 Å². The first-order chi connectivity index (χ1) is 8.95. The number of halogens is 3. The molecule has 0 radical (unpaired) electrons. The maximum Gasteiger partial charge on any atom is 0.435 e.